The van der Waals surface area contributed by atoms with Gasteiger partial charge in [0.1, 0.15) is 12.2 Å². The molecule has 0 spiro atoms. The smallest absolute Gasteiger partial charge is 0.408 e. The zero-order chi connectivity index (χ0) is 22.0. The molecule has 0 fully saturated rings. The summed E-state index contributed by atoms with van der Waals surface area (Å²) in [4.78, 5) is 23.8. The lowest BCUT2D eigenvalue weighted by molar-refractivity contribution is 0.0481. The van der Waals surface area contributed by atoms with Crippen LogP contribution in [0.5, 0.6) is 0 Å². The van der Waals surface area contributed by atoms with Crippen molar-refractivity contribution in [2.24, 2.45) is 0 Å². The summed E-state index contributed by atoms with van der Waals surface area (Å²) in [6.45, 7) is 5.70. The monoisotopic (exact) mass is 414 g/mol. The summed E-state index contributed by atoms with van der Waals surface area (Å²) in [6.07, 6.45) is -0.483. The van der Waals surface area contributed by atoms with E-state index >= 15 is 0 Å². The van der Waals surface area contributed by atoms with Gasteiger partial charge < -0.3 is 25.2 Å². The molecule has 0 aliphatic carbocycles. The first kappa shape index (κ1) is 23.2. The molecule has 0 radical (unpaired) electrons. The fourth-order valence-electron chi connectivity index (χ4n) is 2.73. The highest BCUT2D eigenvalue weighted by Crippen LogP contribution is 2.16. The predicted octanol–water partition coefficient (Wildman–Crippen LogP) is 3.71. The number of hydrogen-bond acceptors (Lipinski definition) is 5. The highest BCUT2D eigenvalue weighted by molar-refractivity contribution is 5.68. The zero-order valence-electron chi connectivity index (χ0n) is 17.7. The second-order valence-electron chi connectivity index (χ2n) is 7.86. The first-order chi connectivity index (χ1) is 14.3. The molecule has 1 atom stereocenters. The van der Waals surface area contributed by atoms with E-state index in [2.05, 4.69) is 10.6 Å². The molecule has 0 bridgehead atoms. The van der Waals surface area contributed by atoms with Gasteiger partial charge in [0.25, 0.3) is 0 Å². The third-order valence-electron chi connectivity index (χ3n) is 4.12. The largest absolute Gasteiger partial charge is 0.445 e. The van der Waals surface area contributed by atoms with Crippen LogP contribution in [0.25, 0.3) is 0 Å². The van der Waals surface area contributed by atoms with E-state index < -0.39 is 23.8 Å². The molecular weight excluding hydrogens is 384 g/mol. The van der Waals surface area contributed by atoms with Gasteiger partial charge in [0.15, 0.2) is 0 Å². The molecule has 0 aliphatic heterocycles. The molecule has 0 heterocycles. The van der Waals surface area contributed by atoms with Crippen molar-refractivity contribution in [3.63, 3.8) is 0 Å². The summed E-state index contributed by atoms with van der Waals surface area (Å²) in [5.74, 6) is 0. The van der Waals surface area contributed by atoms with Crippen LogP contribution in [0.3, 0.4) is 0 Å². The standard InChI is InChI=1S/C23H30N2O5/c1-23(2,3)30-22(28)25-20(15-26)19-11-7-10-17(14-19)12-13-24-21(27)29-16-18-8-5-4-6-9-18/h4-11,14,20,26H,12-13,15-16H2,1-3H3,(H,24,27)(H,25,28). The number of aliphatic hydroxyl groups excluding tert-OH is 1. The van der Waals surface area contributed by atoms with Crippen LogP contribution in [0.2, 0.25) is 0 Å². The van der Waals surface area contributed by atoms with Crippen LogP contribution in [0, 0.1) is 0 Å². The van der Waals surface area contributed by atoms with Gasteiger partial charge in [-0.05, 0) is 43.9 Å². The first-order valence-corrected chi connectivity index (χ1v) is 9.90. The Kier molecular flexibility index (Phi) is 8.68. The predicted molar refractivity (Wildman–Crippen MR) is 114 cm³/mol. The van der Waals surface area contributed by atoms with Gasteiger partial charge >= 0.3 is 12.2 Å². The minimum Gasteiger partial charge on any atom is -0.445 e. The lowest BCUT2D eigenvalue weighted by Gasteiger charge is -2.23. The maximum atomic E-state index is 12.0. The van der Waals surface area contributed by atoms with E-state index in [1.165, 1.54) is 0 Å². The van der Waals surface area contributed by atoms with Crippen molar-refractivity contribution < 1.29 is 24.2 Å². The summed E-state index contributed by atoms with van der Waals surface area (Å²) in [6, 6.07) is 16.4. The number of alkyl carbamates (subject to hydrolysis) is 2. The fraction of sp³-hybridized carbons (Fsp3) is 0.391. The number of rotatable bonds is 8. The second kappa shape index (κ2) is 11.2. The molecule has 0 aliphatic rings. The average Bonchev–Trinajstić information content (AvgIpc) is 2.70. The summed E-state index contributed by atoms with van der Waals surface area (Å²) < 4.78 is 10.4. The molecule has 2 aromatic carbocycles. The van der Waals surface area contributed by atoms with Crippen LogP contribution >= 0.6 is 0 Å². The minimum atomic E-state index is -0.618. The number of carbonyl (C=O) groups is 2. The van der Waals surface area contributed by atoms with Gasteiger partial charge in [0, 0.05) is 6.54 Å². The zero-order valence-corrected chi connectivity index (χ0v) is 17.7. The van der Waals surface area contributed by atoms with Crippen LogP contribution in [0.15, 0.2) is 54.6 Å². The topological polar surface area (TPSA) is 96.9 Å². The van der Waals surface area contributed by atoms with Gasteiger partial charge in [-0.1, -0.05) is 54.6 Å². The molecule has 1 unspecified atom stereocenters. The van der Waals surface area contributed by atoms with Crippen LogP contribution in [-0.4, -0.2) is 36.0 Å². The van der Waals surface area contributed by atoms with Gasteiger partial charge in [0.05, 0.1) is 12.6 Å². The number of carbonyl (C=O) groups excluding carboxylic acids is 2. The number of benzene rings is 2. The lowest BCUT2D eigenvalue weighted by Crippen LogP contribution is -2.36. The Morgan fingerprint density at radius 1 is 1.00 bits per heavy atom. The molecule has 0 saturated carbocycles. The highest BCUT2D eigenvalue weighted by Gasteiger charge is 2.20. The number of hydrogen-bond donors (Lipinski definition) is 3. The van der Waals surface area contributed by atoms with Gasteiger partial charge in [-0.25, -0.2) is 9.59 Å². The molecule has 2 amide bonds. The summed E-state index contributed by atoms with van der Waals surface area (Å²) in [5.41, 5.74) is 2.02. The van der Waals surface area contributed by atoms with Gasteiger partial charge in [-0.2, -0.15) is 0 Å². The summed E-state index contributed by atoms with van der Waals surface area (Å²) in [7, 11) is 0. The SMILES string of the molecule is CC(C)(C)OC(=O)NC(CO)c1cccc(CCNC(=O)OCc2ccccc2)c1. The van der Waals surface area contributed by atoms with Crippen molar-refractivity contribution in [1.82, 2.24) is 10.6 Å². The van der Waals surface area contributed by atoms with Crippen molar-refractivity contribution in [3.05, 3.63) is 71.3 Å². The molecule has 3 N–H and O–H groups in total. The molecule has 30 heavy (non-hydrogen) atoms. The van der Waals surface area contributed by atoms with Gasteiger partial charge in [0.2, 0.25) is 0 Å². The lowest BCUT2D eigenvalue weighted by atomic mass is 10.0. The molecule has 162 valence electrons. The van der Waals surface area contributed by atoms with Crippen LogP contribution in [0.4, 0.5) is 9.59 Å². The molecule has 0 aromatic heterocycles. The Bertz CT molecular complexity index is 818. The molecule has 2 aromatic rings. The van der Waals surface area contributed by atoms with Crippen molar-refractivity contribution in [2.75, 3.05) is 13.2 Å². The summed E-state index contributed by atoms with van der Waals surface area (Å²) in [5, 5.41) is 15.1. The molecular formula is C23H30N2O5. The van der Waals surface area contributed by atoms with E-state index in [0.29, 0.717) is 13.0 Å². The van der Waals surface area contributed by atoms with Crippen LogP contribution in [-0.2, 0) is 22.5 Å². The van der Waals surface area contributed by atoms with Gasteiger partial charge in [-0.15, -0.1) is 0 Å². The van der Waals surface area contributed by atoms with E-state index in [1.807, 2.05) is 54.6 Å². The average molecular weight is 415 g/mol. The maximum absolute atomic E-state index is 12.0. The Balaban J connectivity index is 1.82. The van der Waals surface area contributed by atoms with Crippen molar-refractivity contribution >= 4 is 12.2 Å². The van der Waals surface area contributed by atoms with Crippen molar-refractivity contribution in [3.8, 4) is 0 Å². The number of nitrogens with one attached hydrogen (secondary N) is 2. The first-order valence-electron chi connectivity index (χ1n) is 9.90. The third-order valence-corrected chi connectivity index (χ3v) is 4.12. The number of aliphatic hydroxyl groups is 1. The molecule has 7 heteroatoms. The fourth-order valence-corrected chi connectivity index (χ4v) is 2.73. The van der Waals surface area contributed by atoms with Gasteiger partial charge in [-0.3, -0.25) is 0 Å². The van der Waals surface area contributed by atoms with E-state index in [1.54, 1.807) is 20.8 Å². The normalized spacial score (nSPS) is 12.0. The number of ether oxygens (including phenoxy) is 2. The van der Waals surface area contributed by atoms with E-state index in [-0.39, 0.29) is 13.2 Å². The maximum Gasteiger partial charge on any atom is 0.408 e. The third kappa shape index (κ3) is 8.53. The second-order valence-corrected chi connectivity index (χ2v) is 7.86. The highest BCUT2D eigenvalue weighted by atomic mass is 16.6. The molecule has 0 saturated heterocycles. The van der Waals surface area contributed by atoms with Crippen LogP contribution < -0.4 is 10.6 Å². The Hall–Kier alpha value is -3.06. The van der Waals surface area contributed by atoms with Crippen molar-refractivity contribution in [2.45, 2.75) is 45.4 Å². The Labute approximate surface area is 177 Å². The van der Waals surface area contributed by atoms with E-state index in [0.717, 1.165) is 16.7 Å². The van der Waals surface area contributed by atoms with Crippen molar-refractivity contribution in [1.29, 1.82) is 0 Å². The van der Waals surface area contributed by atoms with E-state index in [9.17, 15) is 14.7 Å². The number of amides is 2. The quantitative estimate of drug-likeness (QED) is 0.612. The van der Waals surface area contributed by atoms with E-state index in [4.69, 9.17) is 9.47 Å². The Morgan fingerprint density at radius 2 is 1.70 bits per heavy atom. The molecule has 7 nitrogen and oxygen atoms in total. The molecule has 2 rings (SSSR count). The minimum absolute atomic E-state index is 0.219. The summed E-state index contributed by atoms with van der Waals surface area (Å²) >= 11 is 0. The van der Waals surface area contributed by atoms with Crippen LogP contribution in [0.1, 0.15) is 43.5 Å². The Morgan fingerprint density at radius 3 is 2.37 bits per heavy atom.